The number of carbonyl (C=O) groups excluding carboxylic acids is 1. The summed E-state index contributed by atoms with van der Waals surface area (Å²) >= 11 is 0. The molecule has 1 amide bonds. The monoisotopic (exact) mass is 434 g/mol. The molecular weight excluding hydrogens is 413 g/mol. The first-order valence-electron chi connectivity index (χ1n) is 9.64. The van der Waals surface area contributed by atoms with Crippen LogP contribution in [0, 0.1) is 5.92 Å². The van der Waals surface area contributed by atoms with Gasteiger partial charge in [-0.25, -0.2) is 9.78 Å². The average Bonchev–Trinajstić information content (AvgIpc) is 2.70. The summed E-state index contributed by atoms with van der Waals surface area (Å²) in [5, 5.41) is 2.36. The molecule has 0 aliphatic carbocycles. The maximum Gasteiger partial charge on any atom is 0.418 e. The van der Waals surface area contributed by atoms with E-state index < -0.39 is 41.1 Å². The van der Waals surface area contributed by atoms with E-state index in [4.69, 9.17) is 0 Å². The number of amides is 1. The van der Waals surface area contributed by atoms with E-state index in [0.29, 0.717) is 6.42 Å². The van der Waals surface area contributed by atoms with Crippen LogP contribution in [-0.4, -0.2) is 20.0 Å². The lowest BCUT2D eigenvalue weighted by Crippen LogP contribution is -2.42. The van der Waals surface area contributed by atoms with Crippen LogP contribution in [0.15, 0.2) is 52.2 Å². The summed E-state index contributed by atoms with van der Waals surface area (Å²) in [5.41, 5.74) is -2.68. The number of benzene rings is 1. The van der Waals surface area contributed by atoms with Gasteiger partial charge in [-0.05, 0) is 36.6 Å². The van der Waals surface area contributed by atoms with Gasteiger partial charge in [0.15, 0.2) is 0 Å². The number of anilines is 1. The van der Waals surface area contributed by atoms with Crippen LogP contribution in [0.2, 0.25) is 0 Å². The molecular formula is C21H21F3N4O3. The van der Waals surface area contributed by atoms with Gasteiger partial charge in [0.1, 0.15) is 12.2 Å². The van der Waals surface area contributed by atoms with Gasteiger partial charge in [0.05, 0.1) is 16.6 Å². The molecule has 0 bridgehead atoms. The Balaban J connectivity index is 2.01. The molecule has 0 aliphatic heterocycles. The third-order valence-electron chi connectivity index (χ3n) is 4.72. The van der Waals surface area contributed by atoms with E-state index in [0.717, 1.165) is 21.3 Å². The topological polar surface area (TPSA) is 86.0 Å². The zero-order chi connectivity index (χ0) is 22.8. The van der Waals surface area contributed by atoms with Gasteiger partial charge in [0, 0.05) is 12.7 Å². The zero-order valence-electron chi connectivity index (χ0n) is 16.9. The number of nitrogens with zero attached hydrogens (tertiary/aromatic N) is 3. The molecule has 0 fully saturated rings. The summed E-state index contributed by atoms with van der Waals surface area (Å²) in [6.07, 6.45) is -2.72. The molecule has 0 unspecified atom stereocenters. The number of aromatic nitrogens is 3. The van der Waals surface area contributed by atoms with E-state index >= 15 is 0 Å². The average molecular weight is 434 g/mol. The van der Waals surface area contributed by atoms with E-state index in [1.54, 1.807) is 0 Å². The van der Waals surface area contributed by atoms with Crippen molar-refractivity contribution in [1.82, 2.24) is 14.1 Å². The number of para-hydroxylation sites is 1. The maximum absolute atomic E-state index is 13.2. The first-order chi connectivity index (χ1) is 14.6. The number of pyridine rings is 1. The second-order valence-corrected chi connectivity index (χ2v) is 7.47. The van der Waals surface area contributed by atoms with Gasteiger partial charge >= 0.3 is 11.9 Å². The van der Waals surface area contributed by atoms with Crippen LogP contribution in [0.1, 0.15) is 25.8 Å². The fourth-order valence-corrected chi connectivity index (χ4v) is 3.15. The molecule has 3 rings (SSSR count). The Hall–Kier alpha value is -3.43. The minimum absolute atomic E-state index is 0.00227. The van der Waals surface area contributed by atoms with Crippen LogP contribution in [0.25, 0.3) is 11.0 Å². The van der Waals surface area contributed by atoms with Gasteiger partial charge in [0.25, 0.3) is 5.56 Å². The SMILES string of the molecule is CC(C)CCn1c(=O)c2cccnc2n(CC(=O)Nc2ccccc2C(F)(F)F)c1=O. The molecule has 0 saturated heterocycles. The number of nitrogens with one attached hydrogen (secondary N) is 1. The summed E-state index contributed by atoms with van der Waals surface area (Å²) in [4.78, 5) is 42.3. The van der Waals surface area contributed by atoms with Crippen LogP contribution in [0.3, 0.4) is 0 Å². The number of carbonyl (C=O) groups is 1. The van der Waals surface area contributed by atoms with Crippen molar-refractivity contribution < 1.29 is 18.0 Å². The molecule has 10 heteroatoms. The molecule has 2 aromatic heterocycles. The molecule has 7 nitrogen and oxygen atoms in total. The number of fused-ring (bicyclic) bond motifs is 1. The Bertz CT molecular complexity index is 1230. The minimum Gasteiger partial charge on any atom is -0.324 e. The number of halogens is 3. The molecule has 0 radical (unpaired) electrons. The van der Waals surface area contributed by atoms with Gasteiger partial charge in [0.2, 0.25) is 5.91 Å². The Morgan fingerprint density at radius 1 is 1.10 bits per heavy atom. The van der Waals surface area contributed by atoms with Gasteiger partial charge in [-0.3, -0.25) is 18.7 Å². The number of hydrogen-bond donors (Lipinski definition) is 1. The smallest absolute Gasteiger partial charge is 0.324 e. The second-order valence-electron chi connectivity index (χ2n) is 7.47. The van der Waals surface area contributed by atoms with Crippen LogP contribution >= 0.6 is 0 Å². The first kappa shape index (κ1) is 22.3. The Morgan fingerprint density at radius 3 is 2.48 bits per heavy atom. The van der Waals surface area contributed by atoms with Crippen molar-refractivity contribution in [2.45, 2.75) is 39.5 Å². The highest BCUT2D eigenvalue weighted by Gasteiger charge is 2.33. The normalized spacial score (nSPS) is 11.8. The van der Waals surface area contributed by atoms with Crippen molar-refractivity contribution >= 4 is 22.6 Å². The number of rotatable bonds is 6. The van der Waals surface area contributed by atoms with Crippen molar-refractivity contribution in [3.05, 3.63) is 69.0 Å². The Labute approximate surface area is 175 Å². The van der Waals surface area contributed by atoms with Crippen molar-refractivity contribution in [1.29, 1.82) is 0 Å². The van der Waals surface area contributed by atoms with Crippen LogP contribution in [0.4, 0.5) is 18.9 Å². The van der Waals surface area contributed by atoms with E-state index in [2.05, 4.69) is 10.3 Å². The van der Waals surface area contributed by atoms with Gasteiger partial charge in [-0.2, -0.15) is 13.2 Å². The third kappa shape index (κ3) is 4.84. The van der Waals surface area contributed by atoms with E-state index in [9.17, 15) is 27.6 Å². The van der Waals surface area contributed by atoms with Crippen molar-refractivity contribution in [2.75, 3.05) is 5.32 Å². The first-order valence-corrected chi connectivity index (χ1v) is 9.64. The van der Waals surface area contributed by atoms with E-state index in [1.807, 2.05) is 13.8 Å². The molecule has 0 spiro atoms. The number of alkyl halides is 3. The third-order valence-corrected chi connectivity index (χ3v) is 4.72. The quantitative estimate of drug-likeness (QED) is 0.645. The highest BCUT2D eigenvalue weighted by atomic mass is 19.4. The minimum atomic E-state index is -4.65. The van der Waals surface area contributed by atoms with Crippen LogP contribution in [-0.2, 0) is 24.1 Å². The van der Waals surface area contributed by atoms with Crippen LogP contribution < -0.4 is 16.6 Å². The summed E-state index contributed by atoms with van der Waals surface area (Å²) in [5.74, 6) is -0.619. The van der Waals surface area contributed by atoms with Crippen molar-refractivity contribution in [2.24, 2.45) is 5.92 Å². The molecule has 164 valence electrons. The maximum atomic E-state index is 13.2. The lowest BCUT2D eigenvalue weighted by atomic mass is 10.1. The fourth-order valence-electron chi connectivity index (χ4n) is 3.15. The van der Waals surface area contributed by atoms with E-state index in [1.165, 1.54) is 30.5 Å². The number of hydrogen-bond acceptors (Lipinski definition) is 4. The summed E-state index contributed by atoms with van der Waals surface area (Å²) in [7, 11) is 0. The molecule has 31 heavy (non-hydrogen) atoms. The molecule has 0 atom stereocenters. The molecule has 2 heterocycles. The highest BCUT2D eigenvalue weighted by molar-refractivity contribution is 5.92. The molecule has 0 aliphatic rings. The van der Waals surface area contributed by atoms with Gasteiger partial charge in [-0.1, -0.05) is 26.0 Å². The molecule has 1 N–H and O–H groups in total. The zero-order valence-corrected chi connectivity index (χ0v) is 16.9. The lowest BCUT2D eigenvalue weighted by molar-refractivity contribution is -0.137. The molecule has 1 aromatic carbocycles. The molecule has 0 saturated carbocycles. The standard InChI is InChI=1S/C21H21F3N4O3/c1-13(2)9-11-27-19(30)14-6-5-10-25-18(14)28(20(27)31)12-17(29)26-16-8-4-3-7-15(16)21(22,23)24/h3-8,10,13H,9,11-12H2,1-2H3,(H,26,29). The predicted molar refractivity (Wildman–Crippen MR) is 110 cm³/mol. The summed E-state index contributed by atoms with van der Waals surface area (Å²) in [6.45, 7) is 3.44. The molecule has 3 aromatic rings. The lowest BCUT2D eigenvalue weighted by Gasteiger charge is -2.16. The predicted octanol–water partition coefficient (Wildman–Crippen LogP) is 3.26. The van der Waals surface area contributed by atoms with E-state index in [-0.39, 0.29) is 23.5 Å². The van der Waals surface area contributed by atoms with Gasteiger partial charge in [-0.15, -0.1) is 0 Å². The summed E-state index contributed by atoms with van der Waals surface area (Å²) < 4.78 is 41.6. The Morgan fingerprint density at radius 2 is 1.81 bits per heavy atom. The highest BCUT2D eigenvalue weighted by Crippen LogP contribution is 2.34. The van der Waals surface area contributed by atoms with Crippen molar-refractivity contribution in [3.63, 3.8) is 0 Å². The van der Waals surface area contributed by atoms with Gasteiger partial charge < -0.3 is 5.32 Å². The largest absolute Gasteiger partial charge is 0.418 e. The Kier molecular flexibility index (Phi) is 6.28. The second kappa shape index (κ2) is 8.75. The summed E-state index contributed by atoms with van der Waals surface area (Å²) in [6, 6.07) is 7.58. The van der Waals surface area contributed by atoms with Crippen LogP contribution in [0.5, 0.6) is 0 Å². The fraction of sp³-hybridized carbons (Fsp3) is 0.333. The van der Waals surface area contributed by atoms with Crippen molar-refractivity contribution in [3.8, 4) is 0 Å².